The third-order valence-electron chi connectivity index (χ3n) is 8.40. The van der Waals surface area contributed by atoms with Crippen molar-refractivity contribution in [1.82, 2.24) is 9.55 Å². The second-order valence-corrected chi connectivity index (χ2v) is 13.6. The van der Waals surface area contributed by atoms with Crippen LogP contribution in [0.1, 0.15) is 35.0 Å². The van der Waals surface area contributed by atoms with Gasteiger partial charge in [-0.2, -0.15) is 0 Å². The number of carboxylic acid groups (broad SMARTS) is 1. The van der Waals surface area contributed by atoms with Crippen molar-refractivity contribution in [2.24, 2.45) is 0 Å². The third-order valence-corrected chi connectivity index (χ3v) is 9.90. The zero-order chi connectivity index (χ0) is 32.3. The molecule has 0 bridgehead atoms. The number of benzene rings is 4. The number of hydrogen-bond donors (Lipinski definition) is 1. The molecule has 4 aromatic carbocycles. The Labute approximate surface area is 283 Å². The first-order valence-electron chi connectivity index (χ1n) is 15.6. The van der Waals surface area contributed by atoms with Crippen molar-refractivity contribution >= 4 is 40.2 Å². The van der Waals surface area contributed by atoms with E-state index in [9.17, 15) is 9.90 Å². The first-order valence-corrected chi connectivity index (χ1v) is 16.8. The van der Waals surface area contributed by atoms with Crippen LogP contribution in [-0.4, -0.2) is 25.9 Å². The Kier molecular flexibility index (Phi) is 8.92. The van der Waals surface area contributed by atoms with Gasteiger partial charge in [-0.15, -0.1) is 11.8 Å². The van der Waals surface area contributed by atoms with E-state index in [4.69, 9.17) is 21.1 Å². The number of nitrogens with zero attached hydrogens (tertiary/aromatic N) is 2. The van der Waals surface area contributed by atoms with Crippen LogP contribution in [0.2, 0.25) is 5.02 Å². The summed E-state index contributed by atoms with van der Waals surface area (Å²) in [5, 5.41) is 11.7. The van der Waals surface area contributed by atoms with Crippen LogP contribution < -0.4 is 9.47 Å². The monoisotopic (exact) mass is 660 g/mol. The number of pyridine rings is 1. The highest BCUT2D eigenvalue weighted by atomic mass is 35.5. The van der Waals surface area contributed by atoms with E-state index in [0.717, 1.165) is 45.8 Å². The molecule has 3 heterocycles. The van der Waals surface area contributed by atoms with Crippen LogP contribution in [0.5, 0.6) is 11.5 Å². The number of carboxylic acids is 1. The normalized spacial score (nSPS) is 13.9. The number of hydrogen-bond acceptors (Lipinski definition) is 5. The molecule has 7 rings (SSSR count). The minimum absolute atomic E-state index is 0.0999. The van der Waals surface area contributed by atoms with Crippen molar-refractivity contribution in [1.29, 1.82) is 0 Å². The lowest BCUT2D eigenvalue weighted by Crippen LogP contribution is -2.11. The Balaban J connectivity index is 1.24. The molecule has 1 aliphatic rings. The minimum Gasteiger partial charge on any atom is -0.487 e. The first kappa shape index (κ1) is 30.9. The van der Waals surface area contributed by atoms with E-state index in [1.165, 1.54) is 15.8 Å². The highest BCUT2D eigenvalue weighted by Crippen LogP contribution is 2.47. The number of para-hydroxylation sites is 1. The summed E-state index contributed by atoms with van der Waals surface area (Å²) in [4.78, 5) is 17.4. The van der Waals surface area contributed by atoms with Crippen molar-refractivity contribution in [3.8, 4) is 22.6 Å². The number of thioether (sulfide) groups is 1. The number of halogens is 1. The van der Waals surface area contributed by atoms with Crippen LogP contribution in [0.25, 0.3) is 22.0 Å². The lowest BCUT2D eigenvalue weighted by Gasteiger charge is -2.22. The van der Waals surface area contributed by atoms with E-state index in [-0.39, 0.29) is 6.42 Å². The summed E-state index contributed by atoms with van der Waals surface area (Å²) in [6.45, 7) is 3.53. The predicted octanol–water partition coefficient (Wildman–Crippen LogP) is 9.23. The van der Waals surface area contributed by atoms with Gasteiger partial charge in [0.1, 0.15) is 24.7 Å². The third kappa shape index (κ3) is 6.73. The molecule has 1 atom stereocenters. The average molecular weight is 661 g/mol. The molecule has 236 valence electrons. The van der Waals surface area contributed by atoms with Crippen molar-refractivity contribution in [3.05, 3.63) is 142 Å². The zero-order valence-corrected chi connectivity index (χ0v) is 27.4. The molecule has 1 N–H and O–H groups in total. The largest absolute Gasteiger partial charge is 0.487 e. The maximum Gasteiger partial charge on any atom is 0.307 e. The molecule has 6 nitrogen and oxygen atoms in total. The number of rotatable bonds is 11. The van der Waals surface area contributed by atoms with Crippen molar-refractivity contribution in [2.75, 3.05) is 0 Å². The lowest BCUT2D eigenvalue weighted by atomic mass is 10.0. The molecule has 8 heteroatoms. The Hall–Kier alpha value is -4.72. The molecular formula is C39H33ClN2O4S. The van der Waals surface area contributed by atoms with Gasteiger partial charge in [0.2, 0.25) is 0 Å². The van der Waals surface area contributed by atoms with Gasteiger partial charge in [0, 0.05) is 50.0 Å². The van der Waals surface area contributed by atoms with E-state index in [1.54, 1.807) is 6.07 Å². The molecule has 6 aromatic rings. The van der Waals surface area contributed by atoms with Gasteiger partial charge in [0.05, 0.1) is 23.3 Å². The molecule has 0 saturated heterocycles. The smallest absolute Gasteiger partial charge is 0.307 e. The first-order chi connectivity index (χ1) is 22.9. The van der Waals surface area contributed by atoms with Crippen LogP contribution in [0, 0.1) is 0 Å². The van der Waals surface area contributed by atoms with Crippen LogP contribution in [-0.2, 0) is 37.4 Å². The molecule has 0 spiro atoms. The topological polar surface area (TPSA) is 73.6 Å². The quantitative estimate of drug-likeness (QED) is 0.149. The number of aromatic nitrogens is 2. The average Bonchev–Trinajstić information content (AvgIpc) is 3.37. The SMILES string of the molecule is CC1Cc2c(OCc3ccc(-c4ccccc4)cn3)ccc3c2c(c(COc2ccccc2CC(=O)O)n3Cc2ccc(Cl)cc2)S1. The van der Waals surface area contributed by atoms with Gasteiger partial charge in [-0.1, -0.05) is 85.3 Å². The second kappa shape index (κ2) is 13.6. The zero-order valence-electron chi connectivity index (χ0n) is 25.9. The molecule has 0 radical (unpaired) electrons. The van der Waals surface area contributed by atoms with Crippen molar-refractivity contribution in [3.63, 3.8) is 0 Å². The van der Waals surface area contributed by atoms with Gasteiger partial charge < -0.3 is 19.1 Å². The molecular weight excluding hydrogens is 628 g/mol. The molecule has 0 aliphatic carbocycles. The lowest BCUT2D eigenvalue weighted by molar-refractivity contribution is -0.136. The minimum atomic E-state index is -0.892. The van der Waals surface area contributed by atoms with E-state index >= 15 is 0 Å². The highest BCUT2D eigenvalue weighted by Gasteiger charge is 2.29. The Morgan fingerprint density at radius 1 is 0.894 bits per heavy atom. The van der Waals surface area contributed by atoms with Gasteiger partial charge >= 0.3 is 5.97 Å². The summed E-state index contributed by atoms with van der Waals surface area (Å²) < 4.78 is 15.2. The maximum atomic E-state index is 11.5. The van der Waals surface area contributed by atoms with Crippen LogP contribution in [0.15, 0.2) is 114 Å². The summed E-state index contributed by atoms with van der Waals surface area (Å²) in [5.74, 6) is 0.550. The summed E-state index contributed by atoms with van der Waals surface area (Å²) in [6.07, 6.45) is 2.67. The summed E-state index contributed by atoms with van der Waals surface area (Å²) in [7, 11) is 0. The fourth-order valence-electron chi connectivity index (χ4n) is 6.16. The molecule has 2 aromatic heterocycles. The fourth-order valence-corrected chi connectivity index (χ4v) is 7.59. The Morgan fingerprint density at radius 3 is 2.43 bits per heavy atom. The standard InChI is InChI=1S/C39H33ClN2O4S/c1-25-19-32-36(45-23-31-16-13-29(21-41-31)27-7-3-2-4-8-27)18-17-33-38(32)39(47-25)34(42(33)22-26-11-14-30(40)15-12-26)24-46-35-10-6-5-9-28(35)20-37(43)44/h2-18,21,25H,19-20,22-24H2,1H3,(H,43,44). The molecule has 1 aliphatic heterocycles. The number of ether oxygens (including phenoxy) is 2. The maximum absolute atomic E-state index is 11.5. The number of carbonyl (C=O) groups is 1. The summed E-state index contributed by atoms with van der Waals surface area (Å²) in [6, 6.07) is 33.8. The van der Waals surface area contributed by atoms with E-state index in [0.29, 0.717) is 41.3 Å². The van der Waals surface area contributed by atoms with Gasteiger partial charge in [0.15, 0.2) is 0 Å². The summed E-state index contributed by atoms with van der Waals surface area (Å²) in [5.41, 5.74) is 8.19. The van der Waals surface area contributed by atoms with E-state index in [2.05, 4.69) is 46.8 Å². The predicted molar refractivity (Wildman–Crippen MR) is 188 cm³/mol. The van der Waals surface area contributed by atoms with Gasteiger partial charge in [-0.3, -0.25) is 9.78 Å². The molecule has 47 heavy (non-hydrogen) atoms. The van der Waals surface area contributed by atoms with Gasteiger partial charge in [-0.25, -0.2) is 0 Å². The highest BCUT2D eigenvalue weighted by molar-refractivity contribution is 8.00. The van der Waals surface area contributed by atoms with E-state index < -0.39 is 5.97 Å². The molecule has 0 saturated carbocycles. The Morgan fingerprint density at radius 2 is 1.66 bits per heavy atom. The van der Waals surface area contributed by atoms with Gasteiger partial charge in [-0.05, 0) is 53.9 Å². The van der Waals surface area contributed by atoms with Crippen molar-refractivity contribution < 1.29 is 19.4 Å². The van der Waals surface area contributed by atoms with Crippen molar-refractivity contribution in [2.45, 2.75) is 49.7 Å². The fraction of sp³-hybridized carbons (Fsp3) is 0.179. The van der Waals surface area contributed by atoms with E-state index in [1.807, 2.05) is 84.7 Å². The second-order valence-electron chi connectivity index (χ2n) is 11.7. The molecule has 0 amide bonds. The van der Waals surface area contributed by atoms with Crippen LogP contribution >= 0.6 is 23.4 Å². The Bertz CT molecular complexity index is 2040. The van der Waals surface area contributed by atoms with Crippen LogP contribution in [0.3, 0.4) is 0 Å². The number of aliphatic carboxylic acids is 1. The van der Waals surface area contributed by atoms with Gasteiger partial charge in [0.25, 0.3) is 0 Å². The summed E-state index contributed by atoms with van der Waals surface area (Å²) >= 11 is 8.07. The molecule has 0 fully saturated rings. The molecule has 1 unspecified atom stereocenters. The van der Waals surface area contributed by atoms with Crippen LogP contribution in [0.4, 0.5) is 0 Å².